The van der Waals surface area contributed by atoms with Gasteiger partial charge in [-0.1, -0.05) is 49.1 Å². The van der Waals surface area contributed by atoms with Crippen LogP contribution >= 0.6 is 0 Å². The van der Waals surface area contributed by atoms with Gasteiger partial charge in [0, 0.05) is 31.6 Å². The topological polar surface area (TPSA) is 86.8 Å². The number of carbonyl (C=O) groups excluding carboxylic acids is 2. The molecule has 0 saturated heterocycles. The van der Waals surface area contributed by atoms with Crippen molar-refractivity contribution in [3.8, 4) is 0 Å². The molecule has 2 aromatic rings. The second-order valence-electron chi connectivity index (χ2n) is 10.1. The maximum absolute atomic E-state index is 13.8. The quantitative estimate of drug-likeness (QED) is 0.441. The van der Waals surface area contributed by atoms with Gasteiger partial charge in [-0.25, -0.2) is 17.2 Å². The number of nitrogens with one attached hydrogen (secondary N) is 1. The van der Waals surface area contributed by atoms with E-state index in [2.05, 4.69) is 5.32 Å². The number of nitrogens with zero attached hydrogens (tertiary/aromatic N) is 2. The first kappa shape index (κ1) is 29.5. The van der Waals surface area contributed by atoms with Crippen molar-refractivity contribution in [2.45, 2.75) is 77.4 Å². The van der Waals surface area contributed by atoms with Gasteiger partial charge in [-0.05, 0) is 50.8 Å². The zero-order chi connectivity index (χ0) is 27.9. The molecule has 1 aliphatic carbocycles. The molecule has 3 rings (SSSR count). The number of hydrogen-bond acceptors (Lipinski definition) is 4. The van der Waals surface area contributed by atoms with E-state index in [1.54, 1.807) is 6.92 Å². The fraction of sp³-hybridized carbons (Fsp3) is 0.500. The van der Waals surface area contributed by atoms with E-state index in [4.69, 9.17) is 0 Å². The molecule has 1 aliphatic rings. The summed E-state index contributed by atoms with van der Waals surface area (Å²) in [6.45, 7) is 3.79. The Morgan fingerprint density at radius 1 is 1.05 bits per heavy atom. The minimum atomic E-state index is -3.81. The summed E-state index contributed by atoms with van der Waals surface area (Å²) in [5.74, 6) is -2.74. The number of carbonyl (C=O) groups is 2. The van der Waals surface area contributed by atoms with E-state index < -0.39 is 27.7 Å². The largest absolute Gasteiger partial charge is 0.352 e. The first-order valence-electron chi connectivity index (χ1n) is 13.0. The van der Waals surface area contributed by atoms with Gasteiger partial charge in [0.2, 0.25) is 21.8 Å². The van der Waals surface area contributed by atoms with Crippen LogP contribution in [0.4, 0.5) is 14.5 Å². The Bertz CT molecular complexity index is 1230. The summed E-state index contributed by atoms with van der Waals surface area (Å²) in [6, 6.07) is 9.95. The lowest BCUT2D eigenvalue weighted by atomic mass is 9.95. The second-order valence-corrected chi connectivity index (χ2v) is 12.0. The van der Waals surface area contributed by atoms with Crippen LogP contribution in [0.3, 0.4) is 0 Å². The monoisotopic (exact) mass is 549 g/mol. The summed E-state index contributed by atoms with van der Waals surface area (Å²) in [4.78, 5) is 28.0. The third kappa shape index (κ3) is 8.24. The molecule has 1 atom stereocenters. The van der Waals surface area contributed by atoms with Crippen molar-refractivity contribution in [1.82, 2.24) is 10.2 Å². The van der Waals surface area contributed by atoms with Crippen LogP contribution in [0, 0.1) is 18.6 Å². The van der Waals surface area contributed by atoms with E-state index in [0.29, 0.717) is 0 Å². The van der Waals surface area contributed by atoms with Gasteiger partial charge in [-0.2, -0.15) is 0 Å². The van der Waals surface area contributed by atoms with Crippen LogP contribution in [0.1, 0.15) is 63.0 Å². The normalized spacial score (nSPS) is 15.1. The van der Waals surface area contributed by atoms with E-state index in [1.807, 2.05) is 31.2 Å². The highest BCUT2D eigenvalue weighted by atomic mass is 32.2. The minimum absolute atomic E-state index is 0.0179. The zero-order valence-corrected chi connectivity index (χ0v) is 23.1. The Morgan fingerprint density at radius 2 is 1.76 bits per heavy atom. The van der Waals surface area contributed by atoms with Crippen LogP contribution < -0.4 is 9.62 Å². The highest BCUT2D eigenvalue weighted by Gasteiger charge is 2.28. The van der Waals surface area contributed by atoms with Crippen LogP contribution in [0.5, 0.6) is 0 Å². The van der Waals surface area contributed by atoms with E-state index in [0.717, 1.165) is 65.9 Å². The predicted molar refractivity (Wildman–Crippen MR) is 144 cm³/mol. The summed E-state index contributed by atoms with van der Waals surface area (Å²) in [7, 11) is -3.81. The molecule has 1 fully saturated rings. The van der Waals surface area contributed by atoms with E-state index in [1.165, 1.54) is 11.0 Å². The number of anilines is 1. The van der Waals surface area contributed by atoms with Gasteiger partial charge in [0.15, 0.2) is 11.6 Å². The van der Waals surface area contributed by atoms with E-state index >= 15 is 0 Å². The number of hydrogen-bond donors (Lipinski definition) is 1. The number of aryl methyl sites for hydroxylation is 1. The first-order valence-corrected chi connectivity index (χ1v) is 14.9. The molecule has 2 aromatic carbocycles. The molecule has 208 valence electrons. The van der Waals surface area contributed by atoms with Gasteiger partial charge in [0.25, 0.3) is 0 Å². The molecule has 0 spiro atoms. The van der Waals surface area contributed by atoms with Gasteiger partial charge in [-0.3, -0.25) is 13.9 Å². The molecule has 7 nitrogen and oxygen atoms in total. The number of amides is 2. The van der Waals surface area contributed by atoms with Gasteiger partial charge in [0.1, 0.15) is 6.04 Å². The van der Waals surface area contributed by atoms with Gasteiger partial charge >= 0.3 is 0 Å². The lowest BCUT2D eigenvalue weighted by Crippen LogP contribution is -2.50. The van der Waals surface area contributed by atoms with E-state index in [9.17, 15) is 26.8 Å². The molecule has 0 aromatic heterocycles. The van der Waals surface area contributed by atoms with Gasteiger partial charge in [0.05, 0.1) is 11.9 Å². The van der Waals surface area contributed by atoms with Crippen molar-refractivity contribution in [2.75, 3.05) is 17.1 Å². The van der Waals surface area contributed by atoms with Crippen LogP contribution in [-0.4, -0.2) is 50.0 Å². The molecule has 1 saturated carbocycles. The Labute approximate surface area is 224 Å². The predicted octanol–water partition coefficient (Wildman–Crippen LogP) is 4.69. The fourth-order valence-electron chi connectivity index (χ4n) is 4.80. The number of benzene rings is 2. The van der Waals surface area contributed by atoms with Gasteiger partial charge in [-0.15, -0.1) is 0 Å². The maximum atomic E-state index is 13.8. The smallest absolute Gasteiger partial charge is 0.242 e. The minimum Gasteiger partial charge on any atom is -0.352 e. The lowest BCUT2D eigenvalue weighted by Gasteiger charge is -2.31. The Morgan fingerprint density at radius 3 is 2.39 bits per heavy atom. The first-order chi connectivity index (χ1) is 18.0. The van der Waals surface area contributed by atoms with Gasteiger partial charge < -0.3 is 10.2 Å². The molecular formula is C28H37F2N3O4S. The summed E-state index contributed by atoms with van der Waals surface area (Å²) >= 11 is 0. The second kappa shape index (κ2) is 13.2. The summed E-state index contributed by atoms with van der Waals surface area (Å²) in [5.41, 5.74) is 1.90. The Hall–Kier alpha value is -3.01. The number of halogens is 2. The summed E-state index contributed by atoms with van der Waals surface area (Å²) in [6.07, 6.45) is 6.23. The third-order valence-corrected chi connectivity index (χ3v) is 8.09. The average molecular weight is 550 g/mol. The van der Waals surface area contributed by atoms with Crippen LogP contribution in [0.15, 0.2) is 42.5 Å². The van der Waals surface area contributed by atoms with Crippen molar-refractivity contribution in [3.63, 3.8) is 0 Å². The van der Waals surface area contributed by atoms with Crippen molar-refractivity contribution >= 4 is 27.5 Å². The standard InChI is InChI=1S/C28H37F2N3O4S/c1-20-9-7-10-22(17-20)19-32(21(2)28(35)31-23-11-5-4-6-12-23)27(34)13-8-16-33(38(3,36)37)24-14-15-25(29)26(30)18-24/h7,9-10,14-15,17-18,21,23H,4-6,8,11-13,16,19H2,1-3H3,(H,31,35). The molecule has 1 N–H and O–H groups in total. The number of sulfonamides is 1. The number of rotatable bonds is 11. The van der Waals surface area contributed by atoms with Crippen molar-refractivity contribution in [1.29, 1.82) is 0 Å². The lowest BCUT2D eigenvalue weighted by molar-refractivity contribution is -0.141. The summed E-state index contributed by atoms with van der Waals surface area (Å²) < 4.78 is 52.8. The van der Waals surface area contributed by atoms with Crippen LogP contribution in [-0.2, 0) is 26.2 Å². The molecule has 0 heterocycles. The highest BCUT2D eigenvalue weighted by Crippen LogP contribution is 2.22. The zero-order valence-electron chi connectivity index (χ0n) is 22.3. The molecule has 1 unspecified atom stereocenters. The fourth-order valence-corrected chi connectivity index (χ4v) is 5.76. The van der Waals surface area contributed by atoms with Crippen LogP contribution in [0.2, 0.25) is 0 Å². The van der Waals surface area contributed by atoms with Crippen LogP contribution in [0.25, 0.3) is 0 Å². The van der Waals surface area contributed by atoms with E-state index in [-0.39, 0.29) is 49.5 Å². The van der Waals surface area contributed by atoms with Crippen molar-refractivity contribution in [3.05, 3.63) is 65.2 Å². The molecule has 38 heavy (non-hydrogen) atoms. The SMILES string of the molecule is Cc1cccc(CN(C(=O)CCCN(c2ccc(F)c(F)c2)S(C)(=O)=O)C(C)C(=O)NC2CCCCC2)c1. The molecule has 0 bridgehead atoms. The third-order valence-electron chi connectivity index (χ3n) is 6.90. The van der Waals surface area contributed by atoms with Crippen molar-refractivity contribution < 1.29 is 26.8 Å². The Balaban J connectivity index is 1.72. The summed E-state index contributed by atoms with van der Waals surface area (Å²) in [5, 5.41) is 3.09. The Kier molecular flexibility index (Phi) is 10.2. The molecule has 0 radical (unpaired) electrons. The molecular weight excluding hydrogens is 512 g/mol. The molecule has 10 heteroatoms. The molecule has 2 amide bonds. The van der Waals surface area contributed by atoms with Crippen molar-refractivity contribution in [2.24, 2.45) is 0 Å². The average Bonchev–Trinajstić information content (AvgIpc) is 2.86. The maximum Gasteiger partial charge on any atom is 0.242 e. The molecule has 0 aliphatic heterocycles. The highest BCUT2D eigenvalue weighted by molar-refractivity contribution is 7.92.